The first-order chi connectivity index (χ1) is 5.33. The highest BCUT2D eigenvalue weighted by molar-refractivity contribution is 4.86. The summed E-state index contributed by atoms with van der Waals surface area (Å²) in [5.41, 5.74) is 0.0365. The fourth-order valence-corrected chi connectivity index (χ4v) is 1.01. The van der Waals surface area contributed by atoms with Gasteiger partial charge < -0.3 is 15.2 Å². The fourth-order valence-electron chi connectivity index (χ4n) is 1.01. The van der Waals surface area contributed by atoms with E-state index in [1.165, 1.54) is 0 Å². The van der Waals surface area contributed by atoms with Crippen molar-refractivity contribution in [3.05, 3.63) is 0 Å². The Bertz CT molecular complexity index is 86.6. The van der Waals surface area contributed by atoms with Gasteiger partial charge in [-0.3, -0.25) is 0 Å². The van der Waals surface area contributed by atoms with Gasteiger partial charge in [-0.25, -0.2) is 0 Å². The second kappa shape index (κ2) is 5.52. The number of rotatable bonds is 3. The van der Waals surface area contributed by atoms with Crippen molar-refractivity contribution in [2.24, 2.45) is 5.41 Å². The minimum absolute atomic E-state index is 0.0365. The van der Waals surface area contributed by atoms with E-state index in [1.807, 2.05) is 20.9 Å². The lowest BCUT2D eigenvalue weighted by Gasteiger charge is -2.39. The molecule has 0 amide bonds. The maximum Gasteiger partial charge on any atom is 0.0579 e. The lowest BCUT2D eigenvalue weighted by Crippen LogP contribution is -2.51. The molecule has 0 saturated carbocycles. The van der Waals surface area contributed by atoms with Crippen LogP contribution in [0.5, 0.6) is 0 Å². The zero-order valence-electron chi connectivity index (χ0n) is 7.68. The SMILES string of the molecule is CC.CNCC1(CO)COC1. The van der Waals surface area contributed by atoms with Crippen molar-refractivity contribution in [1.29, 1.82) is 0 Å². The highest BCUT2D eigenvalue weighted by Gasteiger charge is 2.36. The zero-order chi connectivity index (χ0) is 8.74. The Labute approximate surface area is 68.8 Å². The Morgan fingerprint density at radius 2 is 2.00 bits per heavy atom. The molecule has 0 spiro atoms. The third kappa shape index (κ3) is 2.77. The quantitative estimate of drug-likeness (QED) is 0.623. The normalized spacial score (nSPS) is 19.6. The Morgan fingerprint density at radius 1 is 1.45 bits per heavy atom. The van der Waals surface area contributed by atoms with Gasteiger partial charge in [-0.05, 0) is 7.05 Å². The third-order valence-corrected chi connectivity index (χ3v) is 1.70. The van der Waals surface area contributed by atoms with Gasteiger partial charge in [0.1, 0.15) is 0 Å². The van der Waals surface area contributed by atoms with Crippen molar-refractivity contribution in [3.8, 4) is 0 Å². The summed E-state index contributed by atoms with van der Waals surface area (Å²) in [7, 11) is 1.88. The molecule has 11 heavy (non-hydrogen) atoms. The van der Waals surface area contributed by atoms with Crippen LogP contribution in [-0.2, 0) is 4.74 Å². The lowest BCUT2D eigenvalue weighted by molar-refractivity contribution is -0.133. The molecular weight excluding hydrogens is 142 g/mol. The molecule has 1 saturated heterocycles. The maximum atomic E-state index is 8.85. The number of hydrogen-bond acceptors (Lipinski definition) is 3. The fraction of sp³-hybridized carbons (Fsp3) is 1.00. The van der Waals surface area contributed by atoms with Gasteiger partial charge in [0.2, 0.25) is 0 Å². The monoisotopic (exact) mass is 161 g/mol. The summed E-state index contributed by atoms with van der Waals surface area (Å²) < 4.78 is 4.98. The van der Waals surface area contributed by atoms with E-state index in [-0.39, 0.29) is 12.0 Å². The van der Waals surface area contributed by atoms with Gasteiger partial charge in [-0.15, -0.1) is 0 Å². The van der Waals surface area contributed by atoms with Gasteiger partial charge in [0, 0.05) is 6.54 Å². The molecule has 3 heteroatoms. The Hall–Kier alpha value is -0.120. The van der Waals surface area contributed by atoms with Crippen LogP contribution in [0.3, 0.4) is 0 Å². The maximum absolute atomic E-state index is 8.85. The van der Waals surface area contributed by atoms with Gasteiger partial charge in [0.25, 0.3) is 0 Å². The molecule has 1 aliphatic heterocycles. The highest BCUT2D eigenvalue weighted by atomic mass is 16.5. The van der Waals surface area contributed by atoms with Crippen LogP contribution in [0, 0.1) is 5.41 Å². The van der Waals surface area contributed by atoms with Gasteiger partial charge in [-0.1, -0.05) is 13.8 Å². The van der Waals surface area contributed by atoms with Crippen LogP contribution in [0.25, 0.3) is 0 Å². The molecule has 0 aliphatic carbocycles. The van der Waals surface area contributed by atoms with E-state index in [4.69, 9.17) is 9.84 Å². The van der Waals surface area contributed by atoms with Crippen LogP contribution >= 0.6 is 0 Å². The summed E-state index contributed by atoms with van der Waals surface area (Å²) in [4.78, 5) is 0. The predicted molar refractivity (Wildman–Crippen MR) is 45.6 cm³/mol. The molecule has 0 aromatic rings. The van der Waals surface area contributed by atoms with Gasteiger partial charge in [0.05, 0.1) is 25.2 Å². The van der Waals surface area contributed by atoms with Crippen LogP contribution in [-0.4, -0.2) is 38.5 Å². The second-order valence-electron chi connectivity index (χ2n) is 2.68. The molecule has 1 heterocycles. The minimum Gasteiger partial charge on any atom is -0.396 e. The highest BCUT2D eigenvalue weighted by Crippen LogP contribution is 2.25. The van der Waals surface area contributed by atoms with Crippen molar-refractivity contribution in [3.63, 3.8) is 0 Å². The van der Waals surface area contributed by atoms with Crippen LogP contribution in [0.1, 0.15) is 13.8 Å². The van der Waals surface area contributed by atoms with Crippen molar-refractivity contribution in [1.82, 2.24) is 5.32 Å². The second-order valence-corrected chi connectivity index (χ2v) is 2.68. The molecule has 1 fully saturated rings. The zero-order valence-corrected chi connectivity index (χ0v) is 7.68. The Morgan fingerprint density at radius 3 is 2.09 bits per heavy atom. The van der Waals surface area contributed by atoms with E-state index in [0.29, 0.717) is 13.2 Å². The smallest absolute Gasteiger partial charge is 0.0579 e. The summed E-state index contributed by atoms with van der Waals surface area (Å²) in [5.74, 6) is 0. The molecule has 1 aliphatic rings. The van der Waals surface area contributed by atoms with E-state index >= 15 is 0 Å². The predicted octanol–water partition coefficient (Wildman–Crippen LogP) is 0.241. The standard InChI is InChI=1S/C6H13NO2.C2H6/c1-7-2-6(3-8)4-9-5-6;1-2/h7-8H,2-5H2,1H3;1-2H3. The van der Waals surface area contributed by atoms with Crippen LogP contribution < -0.4 is 5.32 Å². The van der Waals surface area contributed by atoms with Crippen molar-refractivity contribution < 1.29 is 9.84 Å². The molecule has 0 radical (unpaired) electrons. The first-order valence-electron chi connectivity index (χ1n) is 4.16. The van der Waals surface area contributed by atoms with Crippen LogP contribution in [0.4, 0.5) is 0 Å². The van der Waals surface area contributed by atoms with Crippen molar-refractivity contribution in [2.75, 3.05) is 33.4 Å². The number of hydrogen-bond donors (Lipinski definition) is 2. The number of ether oxygens (including phenoxy) is 1. The summed E-state index contributed by atoms with van der Waals surface area (Å²) in [6, 6.07) is 0. The van der Waals surface area contributed by atoms with Crippen molar-refractivity contribution in [2.45, 2.75) is 13.8 Å². The molecule has 2 N–H and O–H groups in total. The molecule has 0 aromatic heterocycles. The number of aliphatic hydroxyl groups excluding tert-OH is 1. The number of aliphatic hydroxyl groups is 1. The Balaban J connectivity index is 0.000000461. The molecule has 1 rings (SSSR count). The van der Waals surface area contributed by atoms with E-state index < -0.39 is 0 Å². The summed E-state index contributed by atoms with van der Waals surface area (Å²) in [6.07, 6.45) is 0. The van der Waals surface area contributed by atoms with E-state index in [2.05, 4.69) is 5.32 Å². The summed E-state index contributed by atoms with van der Waals surface area (Å²) >= 11 is 0. The average molecular weight is 161 g/mol. The van der Waals surface area contributed by atoms with Crippen LogP contribution in [0.15, 0.2) is 0 Å². The molecule has 0 unspecified atom stereocenters. The first kappa shape index (κ1) is 10.9. The largest absolute Gasteiger partial charge is 0.396 e. The summed E-state index contributed by atoms with van der Waals surface area (Å²) in [6.45, 7) is 6.48. The van der Waals surface area contributed by atoms with E-state index in [9.17, 15) is 0 Å². The minimum atomic E-state index is 0.0365. The Kier molecular flexibility index (Phi) is 5.46. The molecular formula is C8H19NO2. The number of nitrogens with one attached hydrogen (secondary N) is 1. The van der Waals surface area contributed by atoms with Crippen molar-refractivity contribution >= 4 is 0 Å². The van der Waals surface area contributed by atoms with Gasteiger partial charge in [-0.2, -0.15) is 0 Å². The molecule has 3 nitrogen and oxygen atoms in total. The van der Waals surface area contributed by atoms with E-state index in [1.54, 1.807) is 0 Å². The van der Waals surface area contributed by atoms with Gasteiger partial charge in [0.15, 0.2) is 0 Å². The topological polar surface area (TPSA) is 41.5 Å². The average Bonchev–Trinajstić information content (AvgIpc) is 2.01. The molecule has 0 atom stereocenters. The van der Waals surface area contributed by atoms with Crippen LogP contribution in [0.2, 0.25) is 0 Å². The lowest BCUT2D eigenvalue weighted by atomic mass is 9.87. The molecule has 0 bridgehead atoms. The first-order valence-corrected chi connectivity index (χ1v) is 4.16. The molecule has 0 aromatic carbocycles. The van der Waals surface area contributed by atoms with Gasteiger partial charge >= 0.3 is 0 Å². The molecule has 68 valence electrons. The summed E-state index contributed by atoms with van der Waals surface area (Å²) in [5, 5.41) is 11.9. The van der Waals surface area contributed by atoms with E-state index in [0.717, 1.165) is 6.54 Å². The third-order valence-electron chi connectivity index (χ3n) is 1.70.